The van der Waals surface area contributed by atoms with Crippen molar-refractivity contribution in [2.24, 2.45) is 5.84 Å². The topological polar surface area (TPSA) is 72.1 Å². The van der Waals surface area contributed by atoms with Crippen LogP contribution in [0.1, 0.15) is 33.4 Å². The van der Waals surface area contributed by atoms with E-state index in [9.17, 15) is 4.79 Å². The Morgan fingerprint density at radius 1 is 1.38 bits per heavy atom. The van der Waals surface area contributed by atoms with Gasteiger partial charge in [0.15, 0.2) is 11.6 Å². The molecule has 1 rings (SSSR count). The van der Waals surface area contributed by atoms with Gasteiger partial charge in [0.2, 0.25) is 0 Å². The number of Topliss-reactive ketones (excluding diaryl/α,β-unsaturated/α-hetero) is 1. The van der Waals surface area contributed by atoms with Crippen LogP contribution in [0.3, 0.4) is 0 Å². The minimum absolute atomic E-state index is 0.0100. The lowest BCUT2D eigenvalue weighted by atomic mass is 9.92. The number of nitrogens with zero attached hydrogens (tertiary/aromatic N) is 3. The van der Waals surface area contributed by atoms with Crippen LogP contribution in [0.15, 0.2) is 12.1 Å². The second kappa shape index (κ2) is 4.57. The van der Waals surface area contributed by atoms with Gasteiger partial charge < -0.3 is 0 Å². The predicted molar refractivity (Wildman–Crippen MR) is 62.9 cm³/mol. The number of carbonyl (C=O) groups excluding carboxylic acids is 1. The maximum Gasteiger partial charge on any atom is 0.165 e. The summed E-state index contributed by atoms with van der Waals surface area (Å²) in [7, 11) is 0. The lowest BCUT2D eigenvalue weighted by Crippen LogP contribution is -2.36. The molecule has 0 amide bonds. The summed E-state index contributed by atoms with van der Waals surface area (Å²) in [6.07, 6.45) is 0. The van der Waals surface area contributed by atoms with E-state index in [2.05, 4.69) is 31.0 Å². The molecule has 5 heteroatoms. The van der Waals surface area contributed by atoms with Crippen molar-refractivity contribution in [3.8, 4) is 0 Å². The van der Waals surface area contributed by atoms with Crippen LogP contribution in [-0.2, 0) is 10.2 Å². The first-order chi connectivity index (χ1) is 7.30. The van der Waals surface area contributed by atoms with Gasteiger partial charge in [0, 0.05) is 5.41 Å². The Hall–Kier alpha value is -1.49. The van der Waals surface area contributed by atoms with Gasteiger partial charge in [0.05, 0.1) is 12.2 Å². The molecule has 2 N–H and O–H groups in total. The van der Waals surface area contributed by atoms with Crippen LogP contribution < -0.4 is 10.9 Å². The molecule has 88 valence electrons. The van der Waals surface area contributed by atoms with Crippen molar-refractivity contribution in [1.82, 2.24) is 10.2 Å². The van der Waals surface area contributed by atoms with Crippen LogP contribution in [0.2, 0.25) is 0 Å². The number of aromatic nitrogens is 2. The Balaban J connectivity index is 2.83. The van der Waals surface area contributed by atoms with E-state index in [1.807, 2.05) is 6.07 Å². The summed E-state index contributed by atoms with van der Waals surface area (Å²) in [4.78, 5) is 10.9. The molecule has 0 saturated heterocycles. The van der Waals surface area contributed by atoms with Crippen molar-refractivity contribution < 1.29 is 4.79 Å². The first-order valence-electron chi connectivity index (χ1n) is 5.16. The zero-order chi connectivity index (χ0) is 12.3. The predicted octanol–water partition coefficient (Wildman–Crippen LogP) is 1.04. The number of hydrogen-bond donors (Lipinski definition) is 1. The van der Waals surface area contributed by atoms with Crippen molar-refractivity contribution in [3.63, 3.8) is 0 Å². The molecule has 16 heavy (non-hydrogen) atoms. The highest BCUT2D eigenvalue weighted by atomic mass is 16.1. The molecule has 0 atom stereocenters. The fourth-order valence-corrected chi connectivity index (χ4v) is 1.20. The fourth-order valence-electron chi connectivity index (χ4n) is 1.20. The van der Waals surface area contributed by atoms with Gasteiger partial charge in [0.25, 0.3) is 0 Å². The number of rotatable bonds is 3. The van der Waals surface area contributed by atoms with E-state index in [-0.39, 0.29) is 17.7 Å². The molecule has 1 heterocycles. The molecular formula is C11H18N4O. The lowest BCUT2D eigenvalue weighted by Gasteiger charge is -2.19. The van der Waals surface area contributed by atoms with Crippen LogP contribution in [0.25, 0.3) is 0 Å². The van der Waals surface area contributed by atoms with Gasteiger partial charge in [-0.25, -0.2) is 5.84 Å². The lowest BCUT2D eigenvalue weighted by molar-refractivity contribution is -0.115. The molecule has 1 aromatic heterocycles. The number of ketones is 1. The summed E-state index contributed by atoms with van der Waals surface area (Å²) in [5.41, 5.74) is 0.860. The molecule has 0 spiro atoms. The second-order valence-electron chi connectivity index (χ2n) is 4.86. The van der Waals surface area contributed by atoms with Crippen LogP contribution >= 0.6 is 0 Å². The third-order valence-electron chi connectivity index (χ3n) is 2.11. The molecule has 0 bridgehead atoms. The van der Waals surface area contributed by atoms with Gasteiger partial charge in [-0.1, -0.05) is 20.8 Å². The van der Waals surface area contributed by atoms with Crippen LogP contribution in [0.4, 0.5) is 5.82 Å². The van der Waals surface area contributed by atoms with E-state index in [4.69, 9.17) is 5.84 Å². The van der Waals surface area contributed by atoms with Gasteiger partial charge in [0.1, 0.15) is 0 Å². The number of hydrazine groups is 1. The number of nitrogens with two attached hydrogens (primary N) is 1. The molecule has 0 unspecified atom stereocenters. The summed E-state index contributed by atoms with van der Waals surface area (Å²) < 4.78 is 0. The van der Waals surface area contributed by atoms with Crippen LogP contribution in [-0.4, -0.2) is 22.5 Å². The molecule has 1 aromatic rings. The molecule has 0 saturated carbocycles. The Morgan fingerprint density at radius 2 is 2.00 bits per heavy atom. The van der Waals surface area contributed by atoms with Gasteiger partial charge in [-0.3, -0.25) is 9.80 Å². The highest BCUT2D eigenvalue weighted by molar-refractivity contribution is 5.80. The highest BCUT2D eigenvalue weighted by Gasteiger charge is 2.16. The first-order valence-corrected chi connectivity index (χ1v) is 5.16. The molecule has 0 fully saturated rings. The molecular weight excluding hydrogens is 204 g/mol. The van der Waals surface area contributed by atoms with Crippen molar-refractivity contribution in [3.05, 3.63) is 17.8 Å². The zero-order valence-corrected chi connectivity index (χ0v) is 10.2. The Morgan fingerprint density at radius 3 is 2.38 bits per heavy atom. The quantitative estimate of drug-likeness (QED) is 0.611. The van der Waals surface area contributed by atoms with Crippen LogP contribution in [0, 0.1) is 0 Å². The summed E-state index contributed by atoms with van der Waals surface area (Å²) in [5, 5.41) is 9.39. The van der Waals surface area contributed by atoms with Gasteiger partial charge in [-0.15, -0.1) is 5.10 Å². The molecule has 5 nitrogen and oxygen atoms in total. The molecule has 0 aliphatic rings. The first kappa shape index (κ1) is 12.6. The van der Waals surface area contributed by atoms with Gasteiger partial charge in [-0.2, -0.15) is 5.10 Å². The van der Waals surface area contributed by atoms with E-state index in [1.165, 1.54) is 11.9 Å². The summed E-state index contributed by atoms with van der Waals surface area (Å²) in [5.74, 6) is 6.16. The third kappa shape index (κ3) is 3.27. The third-order valence-corrected chi connectivity index (χ3v) is 2.11. The second-order valence-corrected chi connectivity index (χ2v) is 4.86. The Kier molecular flexibility index (Phi) is 3.59. The minimum atomic E-state index is -0.0362. The maximum atomic E-state index is 10.9. The summed E-state index contributed by atoms with van der Waals surface area (Å²) in [6.45, 7) is 7.81. The van der Waals surface area contributed by atoms with Crippen molar-refractivity contribution in [2.75, 3.05) is 11.6 Å². The Labute approximate surface area is 95.6 Å². The standard InChI is InChI=1S/C11H18N4O/c1-8(16)7-15(12)10-6-5-9(13-14-10)11(2,3)4/h5-6H,7,12H2,1-4H3. The minimum Gasteiger partial charge on any atom is -0.298 e. The van der Waals surface area contributed by atoms with Crippen molar-refractivity contribution >= 4 is 11.6 Å². The monoisotopic (exact) mass is 222 g/mol. The van der Waals surface area contributed by atoms with E-state index in [0.29, 0.717) is 5.82 Å². The number of anilines is 1. The SMILES string of the molecule is CC(=O)CN(N)c1ccc(C(C)(C)C)nn1. The largest absolute Gasteiger partial charge is 0.298 e. The number of hydrogen-bond acceptors (Lipinski definition) is 5. The molecule has 0 aliphatic carbocycles. The van der Waals surface area contributed by atoms with E-state index < -0.39 is 0 Å². The van der Waals surface area contributed by atoms with Crippen molar-refractivity contribution in [1.29, 1.82) is 0 Å². The average molecular weight is 222 g/mol. The smallest absolute Gasteiger partial charge is 0.165 e. The average Bonchev–Trinajstić information content (AvgIpc) is 2.15. The highest BCUT2D eigenvalue weighted by Crippen LogP contribution is 2.19. The summed E-state index contributed by atoms with van der Waals surface area (Å²) in [6, 6.07) is 3.65. The Bertz CT molecular complexity index is 367. The molecule has 0 radical (unpaired) electrons. The van der Waals surface area contributed by atoms with E-state index in [1.54, 1.807) is 6.07 Å². The van der Waals surface area contributed by atoms with E-state index in [0.717, 1.165) is 5.69 Å². The normalized spacial score (nSPS) is 11.3. The van der Waals surface area contributed by atoms with Crippen LogP contribution in [0.5, 0.6) is 0 Å². The number of carbonyl (C=O) groups is 1. The van der Waals surface area contributed by atoms with Gasteiger partial charge >= 0.3 is 0 Å². The molecule has 0 aromatic carbocycles. The summed E-state index contributed by atoms with van der Waals surface area (Å²) >= 11 is 0. The fraction of sp³-hybridized carbons (Fsp3) is 0.545. The van der Waals surface area contributed by atoms with Gasteiger partial charge in [-0.05, 0) is 19.1 Å². The maximum absolute atomic E-state index is 10.9. The van der Waals surface area contributed by atoms with Crippen molar-refractivity contribution in [2.45, 2.75) is 33.1 Å². The zero-order valence-electron chi connectivity index (χ0n) is 10.2. The molecule has 0 aliphatic heterocycles. The van der Waals surface area contributed by atoms with E-state index >= 15 is 0 Å².